The maximum absolute atomic E-state index is 12.4. The van der Waals surface area contributed by atoms with Crippen LogP contribution in [0.3, 0.4) is 0 Å². The van der Waals surface area contributed by atoms with Crippen molar-refractivity contribution >= 4 is 29.4 Å². The van der Waals surface area contributed by atoms with Crippen LogP contribution in [-0.4, -0.2) is 37.9 Å². The van der Waals surface area contributed by atoms with Gasteiger partial charge in [0, 0.05) is 24.3 Å². The van der Waals surface area contributed by atoms with Crippen LogP contribution in [0.1, 0.15) is 56.0 Å². The van der Waals surface area contributed by atoms with Crippen LogP contribution in [0.4, 0.5) is 5.69 Å². The summed E-state index contributed by atoms with van der Waals surface area (Å²) >= 11 is 6.42. The first kappa shape index (κ1) is 22.9. The van der Waals surface area contributed by atoms with E-state index in [2.05, 4.69) is 15.4 Å². The number of hydrogen-bond donors (Lipinski definition) is 1. The highest BCUT2D eigenvalue weighted by Crippen LogP contribution is 2.37. The smallest absolute Gasteiger partial charge is 0.271 e. The lowest BCUT2D eigenvalue weighted by atomic mass is 10.2. The lowest BCUT2D eigenvalue weighted by Gasteiger charge is -2.18. The zero-order valence-corrected chi connectivity index (χ0v) is 19.1. The molecule has 2 aromatic rings. The van der Waals surface area contributed by atoms with Gasteiger partial charge in [0.15, 0.2) is 11.5 Å². The van der Waals surface area contributed by atoms with Crippen molar-refractivity contribution in [2.75, 3.05) is 24.6 Å². The molecule has 0 aliphatic carbocycles. The topological polar surface area (TPSA) is 63.2 Å². The van der Waals surface area contributed by atoms with Crippen molar-refractivity contribution < 1.29 is 14.3 Å². The van der Waals surface area contributed by atoms with E-state index < -0.39 is 0 Å². The second-order valence-corrected chi connectivity index (χ2v) is 7.95. The van der Waals surface area contributed by atoms with E-state index in [9.17, 15) is 4.79 Å². The van der Waals surface area contributed by atoms with Crippen molar-refractivity contribution in [1.82, 2.24) is 5.43 Å². The van der Waals surface area contributed by atoms with Gasteiger partial charge in [-0.05, 0) is 75.1 Å². The van der Waals surface area contributed by atoms with Crippen LogP contribution in [0, 0.1) is 0 Å². The molecule has 31 heavy (non-hydrogen) atoms. The molecule has 1 aliphatic rings. The largest absolute Gasteiger partial charge is 0.490 e. The van der Waals surface area contributed by atoms with Gasteiger partial charge in [0.1, 0.15) is 0 Å². The summed E-state index contributed by atoms with van der Waals surface area (Å²) < 4.78 is 11.6. The molecule has 166 valence electrons. The molecule has 1 saturated heterocycles. The second-order valence-electron chi connectivity index (χ2n) is 7.54. The molecule has 0 aromatic heterocycles. The Morgan fingerprint density at radius 1 is 1.23 bits per heavy atom. The van der Waals surface area contributed by atoms with Crippen molar-refractivity contribution in [3.05, 3.63) is 52.5 Å². The van der Waals surface area contributed by atoms with Gasteiger partial charge >= 0.3 is 0 Å². The summed E-state index contributed by atoms with van der Waals surface area (Å²) in [5, 5.41) is 4.52. The molecule has 0 bridgehead atoms. The van der Waals surface area contributed by atoms with E-state index in [4.69, 9.17) is 21.1 Å². The summed E-state index contributed by atoms with van der Waals surface area (Å²) in [6.07, 6.45) is 4.86. The lowest BCUT2D eigenvalue weighted by Crippen LogP contribution is -2.19. The second kappa shape index (κ2) is 11.0. The van der Waals surface area contributed by atoms with Gasteiger partial charge in [0.2, 0.25) is 0 Å². The Bertz CT molecular complexity index is 909. The maximum atomic E-state index is 12.4. The molecule has 0 radical (unpaired) electrons. The maximum Gasteiger partial charge on any atom is 0.271 e. The molecular weight excluding hydrogens is 414 g/mol. The van der Waals surface area contributed by atoms with E-state index in [0.29, 0.717) is 34.3 Å². The fraction of sp³-hybridized carbons (Fsp3) is 0.417. The van der Waals surface area contributed by atoms with E-state index in [1.165, 1.54) is 19.1 Å². The number of rotatable bonds is 9. The number of ether oxygens (including phenoxy) is 2. The minimum Gasteiger partial charge on any atom is -0.490 e. The number of benzene rings is 2. The Hall–Kier alpha value is -2.73. The summed E-state index contributed by atoms with van der Waals surface area (Å²) in [6.45, 7) is 8.55. The molecule has 6 nitrogen and oxygen atoms in total. The third kappa shape index (κ3) is 6.14. The van der Waals surface area contributed by atoms with Gasteiger partial charge in [-0.3, -0.25) is 4.79 Å². The van der Waals surface area contributed by atoms with E-state index >= 15 is 0 Å². The van der Waals surface area contributed by atoms with Crippen LogP contribution in [0.25, 0.3) is 0 Å². The zero-order chi connectivity index (χ0) is 22.2. The van der Waals surface area contributed by atoms with Crippen LogP contribution < -0.4 is 19.8 Å². The van der Waals surface area contributed by atoms with Crippen molar-refractivity contribution in [3.63, 3.8) is 0 Å². The summed E-state index contributed by atoms with van der Waals surface area (Å²) in [7, 11) is 0. The van der Waals surface area contributed by atoms with Crippen molar-refractivity contribution in [1.29, 1.82) is 0 Å². The van der Waals surface area contributed by atoms with Crippen LogP contribution in [0.15, 0.2) is 41.5 Å². The van der Waals surface area contributed by atoms with Crippen molar-refractivity contribution in [3.8, 4) is 11.5 Å². The fourth-order valence-electron chi connectivity index (χ4n) is 3.35. The monoisotopic (exact) mass is 443 g/mol. The first-order chi connectivity index (χ1) is 15.0. The number of halogens is 1. The molecule has 1 aliphatic heterocycles. The van der Waals surface area contributed by atoms with Gasteiger partial charge < -0.3 is 14.4 Å². The number of hydrazone groups is 1. The molecule has 0 unspecified atom stereocenters. The quantitative estimate of drug-likeness (QED) is 0.423. The number of nitrogens with one attached hydrogen (secondary N) is 1. The van der Waals surface area contributed by atoms with Gasteiger partial charge in [-0.2, -0.15) is 5.10 Å². The average Bonchev–Trinajstić information content (AvgIpc) is 3.31. The highest BCUT2D eigenvalue weighted by atomic mass is 35.5. The molecule has 7 heteroatoms. The summed E-state index contributed by atoms with van der Waals surface area (Å²) in [5.74, 6) is 0.815. The molecule has 1 heterocycles. The third-order valence-electron chi connectivity index (χ3n) is 5.21. The lowest BCUT2D eigenvalue weighted by molar-refractivity contribution is 0.0955. The molecule has 2 aromatic carbocycles. The highest BCUT2D eigenvalue weighted by molar-refractivity contribution is 6.32. The van der Waals surface area contributed by atoms with Gasteiger partial charge in [-0.1, -0.05) is 18.5 Å². The number of carbonyl (C=O) groups is 1. The molecule has 1 atom stereocenters. The number of nitrogens with zero attached hydrogens (tertiary/aromatic N) is 2. The number of hydrogen-bond acceptors (Lipinski definition) is 5. The molecule has 0 spiro atoms. The summed E-state index contributed by atoms with van der Waals surface area (Å²) in [6, 6.07) is 11.1. The van der Waals surface area contributed by atoms with Gasteiger partial charge in [0.25, 0.3) is 5.91 Å². The SMILES string of the molecule is CCOc1cc(/C=N\NC(=O)c2ccc(N3CCCC3)cc2)cc(Cl)c1O[C@@H](C)CC. The molecular formula is C24H30ClN3O3. The third-order valence-corrected chi connectivity index (χ3v) is 5.49. The Labute approximate surface area is 189 Å². The standard InChI is InChI=1S/C24H30ClN3O3/c1-4-17(3)31-23-21(25)14-18(15-22(23)30-5-2)16-26-27-24(29)19-8-10-20(11-9-19)28-12-6-7-13-28/h8-11,14-17H,4-7,12-13H2,1-3H3,(H,27,29)/b26-16-/t17-/m0/s1. The molecule has 1 N–H and O–H groups in total. The Morgan fingerprint density at radius 3 is 2.58 bits per heavy atom. The number of amides is 1. The molecule has 1 amide bonds. The van der Waals surface area contributed by atoms with Crippen molar-refractivity contribution in [2.45, 2.75) is 46.1 Å². The van der Waals surface area contributed by atoms with Gasteiger partial charge in [0.05, 0.1) is 23.9 Å². The van der Waals surface area contributed by atoms with Crippen LogP contribution >= 0.6 is 11.6 Å². The van der Waals surface area contributed by atoms with Gasteiger partial charge in [-0.15, -0.1) is 0 Å². The first-order valence-corrected chi connectivity index (χ1v) is 11.2. The van der Waals surface area contributed by atoms with E-state index in [1.54, 1.807) is 12.1 Å². The summed E-state index contributed by atoms with van der Waals surface area (Å²) in [4.78, 5) is 14.7. The molecule has 0 saturated carbocycles. The Balaban J connectivity index is 1.66. The average molecular weight is 444 g/mol. The normalized spacial score (nSPS) is 14.6. The predicted octanol–water partition coefficient (Wildman–Crippen LogP) is 5.28. The van der Waals surface area contributed by atoms with E-state index in [0.717, 1.165) is 25.2 Å². The first-order valence-electron chi connectivity index (χ1n) is 10.8. The number of anilines is 1. The van der Waals surface area contributed by atoms with Crippen LogP contribution in [0.2, 0.25) is 5.02 Å². The van der Waals surface area contributed by atoms with E-state index in [1.807, 2.05) is 45.0 Å². The minimum atomic E-state index is -0.267. The van der Waals surface area contributed by atoms with Crippen molar-refractivity contribution in [2.24, 2.45) is 5.10 Å². The summed E-state index contributed by atoms with van der Waals surface area (Å²) in [5.41, 5.74) is 4.98. The Morgan fingerprint density at radius 2 is 1.94 bits per heavy atom. The number of carbonyl (C=O) groups excluding carboxylic acids is 1. The Kier molecular flexibility index (Phi) is 8.18. The fourth-order valence-corrected chi connectivity index (χ4v) is 3.62. The highest BCUT2D eigenvalue weighted by Gasteiger charge is 2.15. The zero-order valence-electron chi connectivity index (χ0n) is 18.4. The van der Waals surface area contributed by atoms with Crippen LogP contribution in [-0.2, 0) is 0 Å². The molecule has 3 rings (SSSR count). The minimum absolute atomic E-state index is 0.0207. The van der Waals surface area contributed by atoms with E-state index in [-0.39, 0.29) is 12.0 Å². The van der Waals surface area contributed by atoms with Gasteiger partial charge in [-0.25, -0.2) is 5.43 Å². The predicted molar refractivity (Wildman–Crippen MR) is 126 cm³/mol. The van der Waals surface area contributed by atoms with Crippen LogP contribution in [0.5, 0.6) is 11.5 Å². The molecule has 1 fully saturated rings.